The van der Waals surface area contributed by atoms with Gasteiger partial charge >= 0.3 is 0 Å². The fourth-order valence-electron chi connectivity index (χ4n) is 2.55. The summed E-state index contributed by atoms with van der Waals surface area (Å²) in [6, 6.07) is 14.0. The van der Waals surface area contributed by atoms with Gasteiger partial charge in [0.25, 0.3) is 0 Å². The molecule has 1 unspecified atom stereocenters. The van der Waals surface area contributed by atoms with Gasteiger partial charge in [-0.15, -0.1) is 0 Å². The molecule has 3 nitrogen and oxygen atoms in total. The number of hydrogen-bond acceptors (Lipinski definition) is 3. The Morgan fingerprint density at radius 2 is 2.05 bits per heavy atom. The molecule has 4 heteroatoms. The van der Waals surface area contributed by atoms with Crippen LogP contribution in [0.4, 0.5) is 0 Å². The highest BCUT2D eigenvalue weighted by Gasteiger charge is 2.15. The Balaban J connectivity index is 2.16. The molecule has 3 rings (SSSR count). The quantitative estimate of drug-likeness (QED) is 0.572. The van der Waals surface area contributed by atoms with Crippen LogP contribution in [0.5, 0.6) is 0 Å². The molecule has 3 N–H and O–H groups in total. The van der Waals surface area contributed by atoms with E-state index in [0.29, 0.717) is 0 Å². The largest absolute Gasteiger partial charge is 0.271 e. The highest BCUT2D eigenvalue weighted by Crippen LogP contribution is 2.30. The van der Waals surface area contributed by atoms with E-state index in [1.807, 2.05) is 49.5 Å². The maximum Gasteiger partial charge on any atom is 0.0716 e. The third kappa shape index (κ3) is 2.63. The van der Waals surface area contributed by atoms with Crippen molar-refractivity contribution in [3.05, 3.63) is 76.6 Å². The first kappa shape index (κ1) is 14.0. The van der Waals surface area contributed by atoms with E-state index in [2.05, 4.69) is 16.5 Å². The molecule has 0 aliphatic rings. The summed E-state index contributed by atoms with van der Waals surface area (Å²) in [5.41, 5.74) is 6.10. The number of aromatic nitrogens is 1. The van der Waals surface area contributed by atoms with E-state index in [1.165, 1.54) is 0 Å². The van der Waals surface area contributed by atoms with Crippen molar-refractivity contribution in [1.29, 1.82) is 0 Å². The van der Waals surface area contributed by atoms with E-state index in [4.69, 9.17) is 17.4 Å². The average molecular weight is 298 g/mol. The zero-order chi connectivity index (χ0) is 14.8. The molecule has 0 bridgehead atoms. The molecule has 1 atom stereocenters. The third-order valence-corrected chi connectivity index (χ3v) is 4.13. The van der Waals surface area contributed by atoms with Crippen molar-refractivity contribution in [3.63, 3.8) is 0 Å². The molecular weight excluding hydrogens is 282 g/mol. The number of rotatable bonds is 3. The lowest BCUT2D eigenvalue weighted by Crippen LogP contribution is -2.29. The van der Waals surface area contributed by atoms with E-state index >= 15 is 0 Å². The number of nitrogens with one attached hydrogen (secondary N) is 1. The number of nitrogens with two attached hydrogens (primary N) is 1. The highest BCUT2D eigenvalue weighted by molar-refractivity contribution is 6.31. The molecule has 106 valence electrons. The highest BCUT2D eigenvalue weighted by atomic mass is 35.5. The molecule has 0 aliphatic carbocycles. The molecule has 0 radical (unpaired) electrons. The summed E-state index contributed by atoms with van der Waals surface area (Å²) in [5.74, 6) is 5.81. The van der Waals surface area contributed by atoms with Gasteiger partial charge in [-0.1, -0.05) is 41.9 Å². The van der Waals surface area contributed by atoms with E-state index in [1.54, 1.807) is 6.20 Å². The van der Waals surface area contributed by atoms with Gasteiger partial charge in [-0.2, -0.15) is 0 Å². The van der Waals surface area contributed by atoms with E-state index in [9.17, 15) is 0 Å². The van der Waals surface area contributed by atoms with E-state index < -0.39 is 0 Å². The summed E-state index contributed by atoms with van der Waals surface area (Å²) in [4.78, 5) is 4.16. The van der Waals surface area contributed by atoms with Crippen molar-refractivity contribution < 1.29 is 0 Å². The van der Waals surface area contributed by atoms with Crippen molar-refractivity contribution in [3.8, 4) is 0 Å². The van der Waals surface area contributed by atoms with Crippen LogP contribution in [0.3, 0.4) is 0 Å². The van der Waals surface area contributed by atoms with Crippen LogP contribution in [0.1, 0.15) is 22.7 Å². The number of hydrazine groups is 1. The van der Waals surface area contributed by atoms with Gasteiger partial charge in [0.15, 0.2) is 0 Å². The molecule has 0 spiro atoms. The number of benzene rings is 2. The molecular formula is C17H16ClN3. The molecule has 0 fully saturated rings. The molecule has 1 aromatic heterocycles. The molecule has 0 saturated carbocycles. The Morgan fingerprint density at radius 3 is 2.81 bits per heavy atom. The Bertz CT molecular complexity index is 781. The van der Waals surface area contributed by atoms with Gasteiger partial charge in [-0.25, -0.2) is 5.43 Å². The van der Waals surface area contributed by atoms with Crippen LogP contribution < -0.4 is 11.3 Å². The van der Waals surface area contributed by atoms with E-state index in [-0.39, 0.29) is 6.04 Å². The second kappa shape index (κ2) is 5.82. The Morgan fingerprint density at radius 1 is 1.19 bits per heavy atom. The number of pyridine rings is 1. The summed E-state index contributed by atoms with van der Waals surface area (Å²) in [6.07, 6.45) is 3.65. The summed E-state index contributed by atoms with van der Waals surface area (Å²) in [5, 5.41) is 2.97. The monoisotopic (exact) mass is 297 g/mol. The smallest absolute Gasteiger partial charge is 0.0716 e. The van der Waals surface area contributed by atoms with Crippen LogP contribution in [0.2, 0.25) is 5.02 Å². The zero-order valence-corrected chi connectivity index (χ0v) is 12.4. The Kier molecular flexibility index (Phi) is 3.88. The Hall–Kier alpha value is -1.94. The zero-order valence-electron chi connectivity index (χ0n) is 11.7. The molecule has 3 aromatic rings. The molecule has 0 saturated heterocycles. The lowest BCUT2D eigenvalue weighted by molar-refractivity contribution is 0.641. The second-order valence-electron chi connectivity index (χ2n) is 5.05. The maximum absolute atomic E-state index is 6.24. The van der Waals surface area contributed by atoms with Gasteiger partial charge in [0.2, 0.25) is 0 Å². The minimum atomic E-state index is -0.116. The van der Waals surface area contributed by atoms with Crippen molar-refractivity contribution in [2.24, 2.45) is 5.84 Å². The third-order valence-electron chi connectivity index (χ3n) is 3.72. The summed E-state index contributed by atoms with van der Waals surface area (Å²) < 4.78 is 0. The number of fused-ring (bicyclic) bond motifs is 1. The van der Waals surface area contributed by atoms with Gasteiger partial charge in [-0.05, 0) is 41.1 Å². The first-order valence-electron chi connectivity index (χ1n) is 6.75. The van der Waals surface area contributed by atoms with Gasteiger partial charge in [-0.3, -0.25) is 10.8 Å². The summed E-state index contributed by atoms with van der Waals surface area (Å²) in [6.45, 7) is 1.99. The molecule has 1 heterocycles. The fourth-order valence-corrected chi connectivity index (χ4v) is 2.74. The topological polar surface area (TPSA) is 50.9 Å². The summed E-state index contributed by atoms with van der Waals surface area (Å²) >= 11 is 6.24. The molecule has 2 aromatic carbocycles. The van der Waals surface area contributed by atoms with Crippen LogP contribution in [-0.2, 0) is 0 Å². The lowest BCUT2D eigenvalue weighted by atomic mass is 9.94. The minimum absolute atomic E-state index is 0.116. The van der Waals surface area contributed by atoms with Crippen molar-refractivity contribution >= 4 is 22.4 Å². The van der Waals surface area contributed by atoms with Gasteiger partial charge in [0, 0.05) is 22.8 Å². The first-order valence-corrected chi connectivity index (χ1v) is 7.13. The van der Waals surface area contributed by atoms with Gasteiger partial charge < -0.3 is 0 Å². The van der Waals surface area contributed by atoms with Crippen LogP contribution in [0.25, 0.3) is 10.8 Å². The molecule has 21 heavy (non-hydrogen) atoms. The fraction of sp³-hybridized carbons (Fsp3) is 0.118. The first-order chi connectivity index (χ1) is 10.2. The number of halogens is 1. The van der Waals surface area contributed by atoms with Crippen molar-refractivity contribution in [2.75, 3.05) is 0 Å². The Labute approximate surface area is 128 Å². The number of aryl methyl sites for hydroxylation is 1. The molecule has 0 amide bonds. The predicted molar refractivity (Wildman–Crippen MR) is 87.1 cm³/mol. The number of nitrogens with zero attached hydrogens (tertiary/aromatic N) is 1. The van der Waals surface area contributed by atoms with Crippen LogP contribution in [-0.4, -0.2) is 4.98 Å². The second-order valence-corrected chi connectivity index (χ2v) is 5.46. The van der Waals surface area contributed by atoms with E-state index in [0.717, 1.165) is 32.5 Å². The van der Waals surface area contributed by atoms with Crippen molar-refractivity contribution in [1.82, 2.24) is 10.4 Å². The van der Waals surface area contributed by atoms with Crippen LogP contribution in [0.15, 0.2) is 54.9 Å². The maximum atomic E-state index is 6.24. The SMILES string of the molecule is Cc1ccc(C(NN)c2cccc3cnccc23)cc1Cl. The lowest BCUT2D eigenvalue weighted by Gasteiger charge is -2.19. The summed E-state index contributed by atoms with van der Waals surface area (Å²) in [7, 11) is 0. The van der Waals surface area contributed by atoms with Gasteiger partial charge in [0.1, 0.15) is 0 Å². The van der Waals surface area contributed by atoms with Gasteiger partial charge in [0.05, 0.1) is 6.04 Å². The normalized spacial score (nSPS) is 12.5. The van der Waals surface area contributed by atoms with Crippen LogP contribution in [0, 0.1) is 6.92 Å². The van der Waals surface area contributed by atoms with Crippen LogP contribution >= 0.6 is 11.6 Å². The predicted octanol–water partition coefficient (Wildman–Crippen LogP) is 3.75. The van der Waals surface area contributed by atoms with Crippen molar-refractivity contribution in [2.45, 2.75) is 13.0 Å². The minimum Gasteiger partial charge on any atom is -0.271 e. The standard InChI is InChI=1S/C17H16ClN3/c1-11-5-6-12(9-16(11)18)17(21-19)15-4-2-3-13-10-20-8-7-14(13)15/h2-10,17,21H,19H2,1H3. The number of hydrogen-bond donors (Lipinski definition) is 2. The average Bonchev–Trinajstić information content (AvgIpc) is 2.52. The molecule has 0 aliphatic heterocycles.